The summed E-state index contributed by atoms with van der Waals surface area (Å²) in [6, 6.07) is 15.3. The Morgan fingerprint density at radius 3 is 2.13 bits per heavy atom. The average molecular weight is 531 g/mol. The standard InChI is InChI=1S/C15H17N2O.3C4H9.Sn/c1-2-8-14(9-3-1)18-13-7-6-12-17-15-10-4-5-11-16-15;3*1-3-4-2;/h1-2,4-5,8-11H,6-7,12-13H2,(H,16,17);3*1,3-4H2,2H3;. The van der Waals surface area contributed by atoms with Gasteiger partial charge in [-0.15, -0.1) is 0 Å². The number of rotatable bonds is 17. The van der Waals surface area contributed by atoms with Gasteiger partial charge in [0, 0.05) is 0 Å². The van der Waals surface area contributed by atoms with Crippen LogP contribution in [0.1, 0.15) is 72.1 Å². The first kappa shape index (κ1) is 26.0. The second kappa shape index (κ2) is 15.6. The number of benzene rings is 1. The zero-order valence-corrected chi connectivity index (χ0v) is 23.0. The number of hydrogen-bond donors (Lipinski definition) is 1. The van der Waals surface area contributed by atoms with E-state index >= 15 is 0 Å². The third-order valence-corrected chi connectivity index (χ3v) is 21.9. The van der Waals surface area contributed by atoms with Gasteiger partial charge in [0.05, 0.1) is 0 Å². The van der Waals surface area contributed by atoms with Crippen molar-refractivity contribution in [3.05, 3.63) is 48.7 Å². The fourth-order valence-corrected chi connectivity index (χ4v) is 20.4. The molecule has 0 radical (unpaired) electrons. The van der Waals surface area contributed by atoms with Crippen LogP contribution in [0.5, 0.6) is 5.75 Å². The van der Waals surface area contributed by atoms with Crippen LogP contribution in [0, 0.1) is 0 Å². The minimum atomic E-state index is -2.37. The predicted octanol–water partition coefficient (Wildman–Crippen LogP) is 7.41. The maximum atomic E-state index is 6.20. The Bertz CT molecular complexity index is 686. The molecule has 0 saturated carbocycles. The van der Waals surface area contributed by atoms with Gasteiger partial charge < -0.3 is 0 Å². The van der Waals surface area contributed by atoms with Gasteiger partial charge in [-0.1, -0.05) is 0 Å². The molecule has 0 saturated heterocycles. The monoisotopic (exact) mass is 532 g/mol. The topological polar surface area (TPSA) is 34.1 Å². The summed E-state index contributed by atoms with van der Waals surface area (Å²) in [5, 5.41) is 3.37. The zero-order valence-electron chi connectivity index (χ0n) is 20.2. The molecule has 0 unspecified atom stereocenters. The Kier molecular flexibility index (Phi) is 13.1. The molecule has 3 nitrogen and oxygen atoms in total. The van der Waals surface area contributed by atoms with Crippen LogP contribution >= 0.6 is 0 Å². The Labute approximate surface area is 195 Å². The fourth-order valence-electron chi connectivity index (χ4n) is 4.37. The van der Waals surface area contributed by atoms with Gasteiger partial charge in [0.1, 0.15) is 0 Å². The van der Waals surface area contributed by atoms with Crippen molar-refractivity contribution in [2.45, 2.75) is 85.4 Å². The van der Waals surface area contributed by atoms with E-state index in [0.717, 1.165) is 37.6 Å². The summed E-state index contributed by atoms with van der Waals surface area (Å²) >= 11 is -2.37. The molecule has 0 spiro atoms. The van der Waals surface area contributed by atoms with Crippen LogP contribution in [-0.4, -0.2) is 36.5 Å². The van der Waals surface area contributed by atoms with E-state index in [-0.39, 0.29) is 0 Å². The molecule has 1 heterocycles. The van der Waals surface area contributed by atoms with E-state index in [9.17, 15) is 0 Å². The molecule has 0 amide bonds. The number of nitrogens with zero attached hydrogens (tertiary/aromatic N) is 1. The van der Waals surface area contributed by atoms with Crippen LogP contribution in [0.3, 0.4) is 0 Å². The van der Waals surface area contributed by atoms with Crippen LogP contribution < -0.4 is 13.6 Å². The minimum absolute atomic E-state index is 0.786. The quantitative estimate of drug-likeness (QED) is 0.171. The molecule has 0 fully saturated rings. The maximum absolute atomic E-state index is 6.20. The summed E-state index contributed by atoms with van der Waals surface area (Å²) in [6.45, 7) is 8.76. The van der Waals surface area contributed by atoms with Crippen molar-refractivity contribution in [3.63, 3.8) is 0 Å². The number of anilines is 1. The van der Waals surface area contributed by atoms with E-state index in [4.69, 9.17) is 4.74 Å². The Hall–Kier alpha value is -1.23. The molecule has 172 valence electrons. The van der Waals surface area contributed by atoms with Crippen molar-refractivity contribution >= 4 is 27.8 Å². The first-order valence-corrected chi connectivity index (χ1v) is 20.1. The van der Waals surface area contributed by atoms with Gasteiger partial charge in [-0.25, -0.2) is 0 Å². The molecule has 2 rings (SSSR count). The molecule has 1 aromatic carbocycles. The van der Waals surface area contributed by atoms with Gasteiger partial charge in [-0.05, 0) is 6.07 Å². The van der Waals surface area contributed by atoms with Crippen LogP contribution in [0.15, 0.2) is 48.7 Å². The zero-order chi connectivity index (χ0) is 22.2. The molecule has 0 atom stereocenters. The van der Waals surface area contributed by atoms with Crippen LogP contribution in [0.2, 0.25) is 13.3 Å². The van der Waals surface area contributed by atoms with Gasteiger partial charge >= 0.3 is 190 Å². The number of hydrogen-bond acceptors (Lipinski definition) is 3. The summed E-state index contributed by atoms with van der Waals surface area (Å²) in [7, 11) is 0. The van der Waals surface area contributed by atoms with Gasteiger partial charge in [-0.2, -0.15) is 0 Å². The van der Waals surface area contributed by atoms with Crippen molar-refractivity contribution in [2.24, 2.45) is 0 Å². The summed E-state index contributed by atoms with van der Waals surface area (Å²) < 4.78 is 12.4. The number of ether oxygens (including phenoxy) is 1. The molecular formula is C27H44N2OSn. The summed E-state index contributed by atoms with van der Waals surface area (Å²) in [5.74, 6) is 2.03. The van der Waals surface area contributed by atoms with E-state index in [2.05, 4.69) is 55.3 Å². The van der Waals surface area contributed by atoms with Crippen molar-refractivity contribution in [1.82, 2.24) is 4.98 Å². The molecule has 0 aliphatic rings. The van der Waals surface area contributed by atoms with Gasteiger partial charge in [0.25, 0.3) is 0 Å². The second-order valence-electron chi connectivity index (χ2n) is 8.82. The number of unbranched alkanes of at least 4 members (excludes halogenated alkanes) is 4. The number of aromatic nitrogens is 1. The van der Waals surface area contributed by atoms with Crippen LogP contribution in [-0.2, 0) is 0 Å². The van der Waals surface area contributed by atoms with Gasteiger partial charge in [-0.3, -0.25) is 0 Å². The van der Waals surface area contributed by atoms with E-state index in [0.29, 0.717) is 0 Å². The average Bonchev–Trinajstić information content (AvgIpc) is 2.82. The second-order valence-corrected chi connectivity index (χ2v) is 22.1. The van der Waals surface area contributed by atoms with E-state index < -0.39 is 18.4 Å². The third kappa shape index (κ3) is 9.42. The Morgan fingerprint density at radius 2 is 1.52 bits per heavy atom. The Balaban J connectivity index is 1.92. The van der Waals surface area contributed by atoms with Crippen LogP contribution in [0.4, 0.5) is 5.82 Å². The van der Waals surface area contributed by atoms with Crippen molar-refractivity contribution in [1.29, 1.82) is 0 Å². The van der Waals surface area contributed by atoms with Gasteiger partial charge in [0.2, 0.25) is 0 Å². The summed E-state index contributed by atoms with van der Waals surface area (Å²) in [6.07, 6.45) is 12.1. The number of pyridine rings is 1. The molecule has 0 aliphatic carbocycles. The van der Waals surface area contributed by atoms with Gasteiger partial charge in [0.15, 0.2) is 0 Å². The summed E-state index contributed by atoms with van der Waals surface area (Å²) in [4.78, 5) is 4.30. The van der Waals surface area contributed by atoms with Crippen molar-refractivity contribution < 1.29 is 4.74 Å². The number of nitrogens with one attached hydrogen (secondary N) is 1. The first-order valence-electron chi connectivity index (χ1n) is 12.6. The predicted molar refractivity (Wildman–Crippen MR) is 138 cm³/mol. The molecule has 0 aliphatic heterocycles. The third-order valence-electron chi connectivity index (χ3n) is 6.28. The van der Waals surface area contributed by atoms with E-state index in [1.807, 2.05) is 24.4 Å². The molecule has 0 bridgehead atoms. The van der Waals surface area contributed by atoms with Crippen molar-refractivity contribution in [3.8, 4) is 5.75 Å². The van der Waals surface area contributed by atoms with E-state index in [1.54, 1.807) is 3.58 Å². The fraction of sp³-hybridized carbons (Fsp3) is 0.593. The van der Waals surface area contributed by atoms with Crippen LogP contribution in [0.25, 0.3) is 0 Å². The van der Waals surface area contributed by atoms with Crippen molar-refractivity contribution in [2.75, 3.05) is 18.5 Å². The SMILES string of the molecule is CCC[CH2][Sn]([CH2]CCC)([CH2]CCC)[c]1cccc(OCCCCNc2ccccn2)c1. The van der Waals surface area contributed by atoms with E-state index in [1.165, 1.54) is 51.8 Å². The normalized spacial score (nSPS) is 11.5. The molecule has 1 N–H and O–H groups in total. The summed E-state index contributed by atoms with van der Waals surface area (Å²) in [5.41, 5.74) is 0. The molecule has 31 heavy (non-hydrogen) atoms. The molecule has 1 aromatic heterocycles. The Morgan fingerprint density at radius 1 is 0.806 bits per heavy atom. The molecular weight excluding hydrogens is 487 g/mol. The first-order chi connectivity index (χ1) is 15.2. The molecule has 2 aromatic rings. The molecule has 4 heteroatoms.